The molecule has 3 rings (SSSR count). The summed E-state index contributed by atoms with van der Waals surface area (Å²) >= 11 is 0. The molecule has 4 N–H and O–H groups in total. The van der Waals surface area contributed by atoms with E-state index >= 15 is 0 Å². The molecule has 220 valence electrons. The van der Waals surface area contributed by atoms with E-state index in [-0.39, 0.29) is 51.5 Å². The zero-order valence-corrected chi connectivity index (χ0v) is 23.0. The summed E-state index contributed by atoms with van der Waals surface area (Å²) in [6.45, 7) is -1.30. The number of hydroxylamine groups is 2. The number of amides is 2. The quantitative estimate of drug-likeness (QED) is 0.207. The predicted octanol–water partition coefficient (Wildman–Crippen LogP) is 0.490. The Balaban J connectivity index is 1.67. The Morgan fingerprint density at radius 3 is 1.75 bits per heavy atom. The van der Waals surface area contributed by atoms with Crippen molar-refractivity contribution in [2.24, 2.45) is 0 Å². The van der Waals surface area contributed by atoms with Gasteiger partial charge >= 0.3 is 0 Å². The number of methoxy groups -OCH3 is 6. The zero-order chi connectivity index (χ0) is 29.6. The van der Waals surface area contributed by atoms with Gasteiger partial charge in [-0.3, -0.25) is 14.8 Å². The van der Waals surface area contributed by atoms with Gasteiger partial charge in [-0.25, -0.2) is 5.06 Å². The summed E-state index contributed by atoms with van der Waals surface area (Å²) in [5.74, 6) is 0.0490. The topological polar surface area (TPSA) is 175 Å². The van der Waals surface area contributed by atoms with Crippen molar-refractivity contribution in [3.05, 3.63) is 35.4 Å². The third-order valence-corrected chi connectivity index (χ3v) is 6.41. The van der Waals surface area contributed by atoms with E-state index in [1.54, 1.807) is 0 Å². The van der Waals surface area contributed by atoms with E-state index in [2.05, 4.69) is 5.32 Å². The van der Waals surface area contributed by atoms with Gasteiger partial charge in [0.2, 0.25) is 11.5 Å². The van der Waals surface area contributed by atoms with Crippen LogP contribution < -0.4 is 33.7 Å². The first-order valence-corrected chi connectivity index (χ1v) is 12.0. The number of carbonyl (C=O) groups excluding carboxylic acids is 2. The summed E-state index contributed by atoms with van der Waals surface area (Å²) < 4.78 is 36.9. The van der Waals surface area contributed by atoms with Crippen LogP contribution in [0.3, 0.4) is 0 Å². The number of ether oxygens (including phenoxy) is 7. The van der Waals surface area contributed by atoms with Crippen LogP contribution in [0.5, 0.6) is 34.5 Å². The molecule has 0 saturated carbocycles. The van der Waals surface area contributed by atoms with Crippen LogP contribution in [0.2, 0.25) is 0 Å². The highest BCUT2D eigenvalue weighted by Crippen LogP contribution is 2.39. The number of aliphatic hydroxyl groups excluding tert-OH is 1. The monoisotopic (exact) mass is 566 g/mol. The molecule has 1 heterocycles. The molecule has 1 fully saturated rings. The van der Waals surface area contributed by atoms with Gasteiger partial charge in [0, 0.05) is 17.7 Å². The predicted molar refractivity (Wildman–Crippen MR) is 138 cm³/mol. The molecule has 40 heavy (non-hydrogen) atoms. The number of carbonyl (C=O) groups is 2. The van der Waals surface area contributed by atoms with Gasteiger partial charge in [0.1, 0.15) is 17.8 Å². The molecule has 1 saturated heterocycles. The maximum atomic E-state index is 12.9. The van der Waals surface area contributed by atoms with Gasteiger partial charge in [-0.2, -0.15) is 0 Å². The van der Waals surface area contributed by atoms with E-state index in [4.69, 9.17) is 33.2 Å². The lowest BCUT2D eigenvalue weighted by atomic mass is 9.96. The van der Waals surface area contributed by atoms with Crippen molar-refractivity contribution in [3.63, 3.8) is 0 Å². The van der Waals surface area contributed by atoms with Crippen molar-refractivity contribution < 1.29 is 58.2 Å². The second-order valence-corrected chi connectivity index (χ2v) is 8.80. The van der Waals surface area contributed by atoms with Crippen LogP contribution >= 0.6 is 0 Å². The van der Waals surface area contributed by atoms with Crippen molar-refractivity contribution in [2.45, 2.75) is 17.8 Å². The van der Waals surface area contributed by atoms with Crippen LogP contribution in [0.4, 0.5) is 0 Å². The molecule has 0 radical (unpaired) electrons. The van der Waals surface area contributed by atoms with Gasteiger partial charge in [0.25, 0.3) is 11.8 Å². The molecule has 0 spiro atoms. The Morgan fingerprint density at radius 1 is 0.875 bits per heavy atom. The Hall–Kier alpha value is -3.98. The lowest BCUT2D eigenvalue weighted by Gasteiger charge is -2.30. The van der Waals surface area contributed by atoms with E-state index in [1.165, 1.54) is 66.9 Å². The van der Waals surface area contributed by atoms with Gasteiger partial charge in [0.15, 0.2) is 23.0 Å². The smallest absolute Gasteiger partial charge is 0.277 e. The molecule has 0 unspecified atom stereocenters. The number of nitrogens with zero attached hydrogens (tertiary/aromatic N) is 1. The molecule has 2 aromatic carbocycles. The highest BCUT2D eigenvalue weighted by atomic mass is 16.6. The molecule has 2 aromatic rings. The van der Waals surface area contributed by atoms with Crippen LogP contribution in [0, 0.1) is 0 Å². The van der Waals surface area contributed by atoms with Crippen LogP contribution in [0.1, 0.15) is 20.7 Å². The second-order valence-electron chi connectivity index (χ2n) is 8.80. The highest BCUT2D eigenvalue weighted by molar-refractivity contribution is 5.96. The lowest BCUT2D eigenvalue weighted by Crippen LogP contribution is -2.54. The van der Waals surface area contributed by atoms with Gasteiger partial charge in [-0.05, 0) is 24.3 Å². The minimum Gasteiger partial charge on any atom is -0.493 e. The van der Waals surface area contributed by atoms with E-state index in [0.717, 1.165) is 0 Å². The highest BCUT2D eigenvalue weighted by Gasteiger charge is 2.49. The molecule has 14 nitrogen and oxygen atoms in total. The maximum Gasteiger partial charge on any atom is 0.277 e. The molecule has 0 aliphatic carbocycles. The zero-order valence-electron chi connectivity index (χ0n) is 23.0. The van der Waals surface area contributed by atoms with Crippen molar-refractivity contribution >= 4 is 11.8 Å². The van der Waals surface area contributed by atoms with Crippen molar-refractivity contribution in [1.82, 2.24) is 10.4 Å². The Bertz CT molecular complexity index is 1170. The molecule has 14 heteroatoms. The summed E-state index contributed by atoms with van der Waals surface area (Å²) in [6, 6.07) is 5.58. The fourth-order valence-electron chi connectivity index (χ4n) is 4.28. The summed E-state index contributed by atoms with van der Waals surface area (Å²) in [5, 5.41) is 35.1. The van der Waals surface area contributed by atoms with E-state index in [9.17, 15) is 25.0 Å². The third kappa shape index (κ3) is 6.09. The molecule has 1 aliphatic heterocycles. The molecule has 0 bridgehead atoms. The first-order valence-electron chi connectivity index (χ1n) is 12.0. The van der Waals surface area contributed by atoms with E-state index in [0.29, 0.717) is 5.75 Å². The minimum atomic E-state index is -2.03. The maximum absolute atomic E-state index is 12.9. The van der Waals surface area contributed by atoms with Gasteiger partial charge < -0.3 is 48.7 Å². The fourth-order valence-corrected chi connectivity index (χ4v) is 4.28. The molecule has 3 atom stereocenters. The van der Waals surface area contributed by atoms with Gasteiger partial charge in [-0.1, -0.05) is 0 Å². The molecule has 0 aromatic heterocycles. The van der Waals surface area contributed by atoms with Crippen LogP contribution in [-0.4, -0.2) is 112 Å². The average Bonchev–Trinajstić information content (AvgIpc) is 3.25. The summed E-state index contributed by atoms with van der Waals surface area (Å²) in [7, 11) is 8.42. The summed E-state index contributed by atoms with van der Waals surface area (Å²) in [6.07, 6.45) is -2.60. The first-order chi connectivity index (χ1) is 19.1. The number of nitrogens with one attached hydrogen (secondary N) is 1. The van der Waals surface area contributed by atoms with E-state index in [1.807, 2.05) is 0 Å². The average molecular weight is 567 g/mol. The molecule has 1 aliphatic rings. The SMILES string of the molecule is COc1cc(C(=O)NC[C@H]2OC[C@@](O)(CN(O)C(=O)c3cc(OC)c(OC)c(OC)c3)[C@@H]2O)cc(OC)c1OC. The second kappa shape index (κ2) is 12.9. The number of hydrogen-bond donors (Lipinski definition) is 4. The lowest BCUT2D eigenvalue weighted by molar-refractivity contribution is -0.133. The fraction of sp³-hybridized carbons (Fsp3) is 0.462. The number of aliphatic hydroxyl groups is 2. The van der Waals surface area contributed by atoms with Crippen molar-refractivity contribution in [2.75, 3.05) is 62.4 Å². The van der Waals surface area contributed by atoms with Gasteiger partial charge in [0.05, 0.1) is 55.8 Å². The molecular formula is C26H34N2O12. The number of hydrogen-bond acceptors (Lipinski definition) is 12. The number of benzene rings is 2. The first kappa shape index (κ1) is 30.6. The Labute approximate surface area is 230 Å². The normalized spacial score (nSPS) is 19.9. The van der Waals surface area contributed by atoms with Crippen molar-refractivity contribution in [3.8, 4) is 34.5 Å². The van der Waals surface area contributed by atoms with E-state index < -0.39 is 42.8 Å². The van der Waals surface area contributed by atoms with Crippen LogP contribution in [-0.2, 0) is 4.74 Å². The number of rotatable bonds is 12. The Kier molecular flexibility index (Phi) is 9.87. The standard InChI is InChI=1S/C26H34N2O12/c1-34-16-7-14(8-17(35-2)21(16)38-5)24(30)27-11-20-23(29)26(32,13-40-20)12-28(33)25(31)15-9-18(36-3)22(39-6)19(10-15)37-4/h7-10,20,23,29,32-33H,11-13H2,1-6H3,(H,27,30)/t20-,23-,26+/m1/s1. The van der Waals surface area contributed by atoms with Gasteiger partial charge in [-0.15, -0.1) is 0 Å². The minimum absolute atomic E-state index is 0.0248. The summed E-state index contributed by atoms with van der Waals surface area (Å²) in [4.78, 5) is 25.7. The van der Waals surface area contributed by atoms with Crippen molar-refractivity contribution in [1.29, 1.82) is 0 Å². The third-order valence-electron chi connectivity index (χ3n) is 6.41. The van der Waals surface area contributed by atoms with Crippen LogP contribution in [0.25, 0.3) is 0 Å². The summed E-state index contributed by atoms with van der Waals surface area (Å²) in [5.41, 5.74) is -1.87. The largest absolute Gasteiger partial charge is 0.493 e. The Morgan fingerprint density at radius 2 is 1.32 bits per heavy atom. The molecule has 2 amide bonds. The van der Waals surface area contributed by atoms with Crippen LogP contribution in [0.15, 0.2) is 24.3 Å². The molecular weight excluding hydrogens is 532 g/mol.